The fraction of sp³-hybridized carbons (Fsp3) is 0.111. The largest absolute Gasteiger partial charge is 0.290 e. The maximum Gasteiger partial charge on any atom is 0.206 e. The topological polar surface area (TPSA) is 55.7 Å². The third kappa shape index (κ3) is 2.00. The molecule has 2 rings (SSSR count). The van der Waals surface area contributed by atoms with Crippen molar-refractivity contribution in [2.75, 3.05) is 0 Å². The molecular formula is C9H7N3OS. The molecule has 0 bridgehead atoms. The van der Waals surface area contributed by atoms with E-state index in [1.165, 1.54) is 11.3 Å². The molecule has 0 fully saturated rings. The van der Waals surface area contributed by atoms with Gasteiger partial charge in [0.15, 0.2) is 5.82 Å². The van der Waals surface area contributed by atoms with Gasteiger partial charge < -0.3 is 0 Å². The third-order valence-corrected chi connectivity index (χ3v) is 2.39. The van der Waals surface area contributed by atoms with Gasteiger partial charge in [-0.3, -0.25) is 4.79 Å². The zero-order valence-electron chi connectivity index (χ0n) is 7.25. The summed E-state index contributed by atoms with van der Waals surface area (Å²) in [5.41, 5.74) is 0. The van der Waals surface area contributed by atoms with Crippen molar-refractivity contribution in [3.63, 3.8) is 0 Å². The van der Waals surface area contributed by atoms with Crippen LogP contribution < -0.4 is 0 Å². The summed E-state index contributed by atoms with van der Waals surface area (Å²) in [7, 11) is 0. The van der Waals surface area contributed by atoms with Crippen LogP contribution in [0, 0.1) is 0 Å². The second kappa shape index (κ2) is 4.06. The van der Waals surface area contributed by atoms with Crippen molar-refractivity contribution < 1.29 is 4.79 Å². The van der Waals surface area contributed by atoms with Crippen LogP contribution in [0.4, 0.5) is 0 Å². The summed E-state index contributed by atoms with van der Waals surface area (Å²) in [6.45, 7) is 0. The lowest BCUT2D eigenvalue weighted by Gasteiger charge is -1.94. The minimum absolute atomic E-state index is 0.0967. The first-order valence-corrected chi connectivity index (χ1v) is 4.93. The molecule has 0 saturated heterocycles. The van der Waals surface area contributed by atoms with Crippen molar-refractivity contribution in [3.05, 3.63) is 40.9 Å². The van der Waals surface area contributed by atoms with Gasteiger partial charge in [0.25, 0.3) is 0 Å². The summed E-state index contributed by atoms with van der Waals surface area (Å²) >= 11 is 1.46. The summed E-state index contributed by atoms with van der Waals surface area (Å²) in [4.78, 5) is 23.3. The van der Waals surface area contributed by atoms with Gasteiger partial charge in [-0.05, 0) is 6.07 Å². The number of Topliss-reactive ketones (excluding diaryl/α,β-unsaturated/α-hetero) is 1. The van der Waals surface area contributed by atoms with Crippen LogP contribution in [0.3, 0.4) is 0 Å². The third-order valence-electron chi connectivity index (χ3n) is 1.61. The molecule has 0 aliphatic rings. The quantitative estimate of drug-likeness (QED) is 0.710. The van der Waals surface area contributed by atoms with Gasteiger partial charge in [0, 0.05) is 24.0 Å². The lowest BCUT2D eigenvalue weighted by molar-refractivity contribution is 0.0983. The highest BCUT2D eigenvalue weighted by Gasteiger charge is 2.10. The molecule has 14 heavy (non-hydrogen) atoms. The van der Waals surface area contributed by atoms with Gasteiger partial charge in [-0.15, -0.1) is 11.3 Å². The molecule has 0 aromatic carbocycles. The summed E-state index contributed by atoms with van der Waals surface area (Å²) in [5, 5.41) is 2.64. The molecule has 0 amide bonds. The Kier molecular flexibility index (Phi) is 2.60. The average molecular weight is 205 g/mol. The van der Waals surface area contributed by atoms with Crippen molar-refractivity contribution in [1.29, 1.82) is 0 Å². The normalized spacial score (nSPS) is 10.0. The SMILES string of the molecule is O=C(Cc1nccs1)c1ncccn1. The molecule has 0 aliphatic carbocycles. The van der Waals surface area contributed by atoms with E-state index in [0.717, 1.165) is 5.01 Å². The van der Waals surface area contributed by atoms with Gasteiger partial charge in [-0.2, -0.15) is 0 Å². The van der Waals surface area contributed by atoms with Crippen LogP contribution in [0.15, 0.2) is 30.0 Å². The van der Waals surface area contributed by atoms with E-state index in [9.17, 15) is 4.79 Å². The van der Waals surface area contributed by atoms with Crippen LogP contribution in [-0.2, 0) is 6.42 Å². The maximum absolute atomic E-state index is 11.6. The molecule has 70 valence electrons. The van der Waals surface area contributed by atoms with E-state index in [-0.39, 0.29) is 18.0 Å². The molecule has 0 spiro atoms. The number of carbonyl (C=O) groups excluding carboxylic acids is 1. The lowest BCUT2D eigenvalue weighted by atomic mass is 10.3. The Bertz CT molecular complexity index is 413. The molecule has 0 unspecified atom stereocenters. The first-order valence-electron chi connectivity index (χ1n) is 4.05. The predicted molar refractivity (Wildman–Crippen MR) is 52.2 cm³/mol. The van der Waals surface area contributed by atoms with Crippen molar-refractivity contribution in [1.82, 2.24) is 15.0 Å². The molecular weight excluding hydrogens is 198 g/mol. The highest BCUT2D eigenvalue weighted by Crippen LogP contribution is 2.06. The highest BCUT2D eigenvalue weighted by atomic mass is 32.1. The first kappa shape index (κ1) is 8.96. The predicted octanol–water partition coefficient (Wildman–Crippen LogP) is 1.36. The summed E-state index contributed by atoms with van der Waals surface area (Å²) in [5.74, 6) is 0.156. The van der Waals surface area contributed by atoms with E-state index < -0.39 is 0 Å². The Hall–Kier alpha value is -1.62. The van der Waals surface area contributed by atoms with Crippen LogP contribution in [0.1, 0.15) is 15.6 Å². The molecule has 2 aromatic heterocycles. The van der Waals surface area contributed by atoms with E-state index in [1.807, 2.05) is 5.38 Å². The summed E-state index contributed by atoms with van der Waals surface area (Å²) < 4.78 is 0. The van der Waals surface area contributed by atoms with Gasteiger partial charge in [-0.25, -0.2) is 15.0 Å². The highest BCUT2D eigenvalue weighted by molar-refractivity contribution is 7.09. The number of hydrogen-bond acceptors (Lipinski definition) is 5. The monoisotopic (exact) mass is 205 g/mol. The Morgan fingerprint density at radius 3 is 2.64 bits per heavy atom. The van der Waals surface area contributed by atoms with E-state index in [1.54, 1.807) is 24.7 Å². The van der Waals surface area contributed by atoms with Crippen molar-refractivity contribution >= 4 is 17.1 Å². The number of nitrogens with zero attached hydrogens (tertiary/aromatic N) is 3. The van der Waals surface area contributed by atoms with E-state index in [4.69, 9.17) is 0 Å². The van der Waals surface area contributed by atoms with Crippen LogP contribution in [0.5, 0.6) is 0 Å². The first-order chi connectivity index (χ1) is 6.86. The molecule has 5 heteroatoms. The van der Waals surface area contributed by atoms with E-state index in [2.05, 4.69) is 15.0 Å². The van der Waals surface area contributed by atoms with Gasteiger partial charge >= 0.3 is 0 Å². The minimum Gasteiger partial charge on any atom is -0.290 e. The Morgan fingerprint density at radius 1 is 1.21 bits per heavy atom. The van der Waals surface area contributed by atoms with E-state index in [0.29, 0.717) is 0 Å². The van der Waals surface area contributed by atoms with Crippen LogP contribution in [-0.4, -0.2) is 20.7 Å². The number of carbonyl (C=O) groups is 1. The van der Waals surface area contributed by atoms with E-state index >= 15 is 0 Å². The van der Waals surface area contributed by atoms with Crippen molar-refractivity contribution in [3.8, 4) is 0 Å². The fourth-order valence-corrected chi connectivity index (χ4v) is 1.61. The van der Waals surface area contributed by atoms with Crippen molar-refractivity contribution in [2.24, 2.45) is 0 Å². The summed E-state index contributed by atoms with van der Waals surface area (Å²) in [6.07, 6.45) is 5.07. The summed E-state index contributed by atoms with van der Waals surface area (Å²) in [6, 6.07) is 1.68. The Balaban J connectivity index is 2.11. The lowest BCUT2D eigenvalue weighted by Crippen LogP contribution is -2.07. The van der Waals surface area contributed by atoms with Crippen LogP contribution in [0.25, 0.3) is 0 Å². The molecule has 0 radical (unpaired) electrons. The second-order valence-corrected chi connectivity index (χ2v) is 3.58. The number of hydrogen-bond donors (Lipinski definition) is 0. The van der Waals surface area contributed by atoms with Gasteiger partial charge in [0.1, 0.15) is 5.01 Å². The second-order valence-electron chi connectivity index (χ2n) is 2.60. The molecule has 4 nitrogen and oxygen atoms in total. The molecule has 0 atom stereocenters. The molecule has 2 aromatic rings. The number of aromatic nitrogens is 3. The fourth-order valence-electron chi connectivity index (χ4n) is 1.000. The standard InChI is InChI=1S/C9H7N3OS/c13-7(6-8-10-4-5-14-8)9-11-2-1-3-12-9/h1-5H,6H2. The molecule has 2 heterocycles. The zero-order chi connectivity index (χ0) is 9.80. The van der Waals surface area contributed by atoms with Gasteiger partial charge in [-0.1, -0.05) is 0 Å². The Morgan fingerprint density at radius 2 is 2.00 bits per heavy atom. The van der Waals surface area contributed by atoms with Gasteiger partial charge in [0.05, 0.1) is 6.42 Å². The molecule has 0 saturated carbocycles. The van der Waals surface area contributed by atoms with Crippen LogP contribution in [0.2, 0.25) is 0 Å². The number of thiazole rings is 1. The Labute approximate surface area is 84.7 Å². The minimum atomic E-state index is -0.0967. The van der Waals surface area contributed by atoms with Crippen LogP contribution >= 0.6 is 11.3 Å². The molecule has 0 N–H and O–H groups in total. The molecule has 0 aliphatic heterocycles. The zero-order valence-corrected chi connectivity index (χ0v) is 8.07. The smallest absolute Gasteiger partial charge is 0.206 e. The maximum atomic E-state index is 11.6. The average Bonchev–Trinajstić information content (AvgIpc) is 2.72. The number of ketones is 1. The van der Waals surface area contributed by atoms with Crippen molar-refractivity contribution in [2.45, 2.75) is 6.42 Å². The number of rotatable bonds is 3. The van der Waals surface area contributed by atoms with Gasteiger partial charge in [0.2, 0.25) is 5.78 Å².